The van der Waals surface area contributed by atoms with Crippen molar-refractivity contribution in [1.29, 1.82) is 0 Å². The van der Waals surface area contributed by atoms with Gasteiger partial charge in [0.1, 0.15) is 18.2 Å². The molecular formula is C30H36BN3O4. The number of amides is 1. The number of rotatable bonds is 7. The summed E-state index contributed by atoms with van der Waals surface area (Å²) in [6.07, 6.45) is 2.24. The Balaban J connectivity index is 1.09. The van der Waals surface area contributed by atoms with Gasteiger partial charge >= 0.3 is 7.12 Å². The van der Waals surface area contributed by atoms with E-state index in [9.17, 15) is 4.79 Å². The summed E-state index contributed by atoms with van der Waals surface area (Å²) in [5.41, 5.74) is 2.26. The fraction of sp³-hybridized carbons (Fsp3) is 0.400. The van der Waals surface area contributed by atoms with Gasteiger partial charge in [0.2, 0.25) is 5.91 Å². The molecule has 0 aliphatic carbocycles. The maximum atomic E-state index is 12.9. The number of hydrogen-bond donors (Lipinski definition) is 0. The van der Waals surface area contributed by atoms with Crippen molar-refractivity contribution in [3.05, 3.63) is 84.1 Å². The molecule has 0 N–H and O–H groups in total. The van der Waals surface area contributed by atoms with Gasteiger partial charge in [-0.15, -0.1) is 0 Å². The molecular weight excluding hydrogens is 477 g/mol. The summed E-state index contributed by atoms with van der Waals surface area (Å²) in [7, 11) is -0.415. The third-order valence-corrected chi connectivity index (χ3v) is 7.78. The van der Waals surface area contributed by atoms with Gasteiger partial charge in [-0.25, -0.2) is 4.98 Å². The number of carbonyl (C=O) groups is 1. The van der Waals surface area contributed by atoms with Crippen LogP contribution in [-0.2, 0) is 27.1 Å². The molecule has 0 radical (unpaired) electrons. The molecule has 2 aromatic carbocycles. The first-order chi connectivity index (χ1) is 18.2. The van der Waals surface area contributed by atoms with Gasteiger partial charge in [-0.2, -0.15) is 0 Å². The smallest absolute Gasteiger partial charge is 0.489 e. The number of ether oxygens (including phenoxy) is 1. The van der Waals surface area contributed by atoms with Gasteiger partial charge in [0.25, 0.3) is 0 Å². The first-order valence-corrected chi connectivity index (χ1v) is 13.3. The van der Waals surface area contributed by atoms with Gasteiger partial charge in [-0.05, 0) is 57.0 Å². The molecule has 2 fully saturated rings. The second kappa shape index (κ2) is 10.8. The number of hydrogen-bond acceptors (Lipinski definition) is 6. The van der Waals surface area contributed by atoms with Crippen LogP contribution in [-0.4, -0.2) is 60.3 Å². The van der Waals surface area contributed by atoms with Gasteiger partial charge < -0.3 is 23.8 Å². The van der Waals surface area contributed by atoms with E-state index in [1.807, 2.05) is 106 Å². The van der Waals surface area contributed by atoms with E-state index in [4.69, 9.17) is 14.0 Å². The van der Waals surface area contributed by atoms with Gasteiger partial charge in [-0.1, -0.05) is 48.5 Å². The highest BCUT2D eigenvalue weighted by atomic mass is 16.7. The monoisotopic (exact) mass is 513 g/mol. The Labute approximate surface area is 225 Å². The number of carbonyl (C=O) groups excluding carboxylic acids is 1. The van der Waals surface area contributed by atoms with Crippen molar-refractivity contribution < 1.29 is 18.8 Å². The zero-order chi connectivity index (χ0) is 26.8. The highest BCUT2D eigenvalue weighted by molar-refractivity contribution is 6.62. The van der Waals surface area contributed by atoms with Crippen LogP contribution in [0.3, 0.4) is 0 Å². The summed E-state index contributed by atoms with van der Waals surface area (Å²) in [4.78, 5) is 21.8. The second-order valence-corrected chi connectivity index (χ2v) is 11.0. The molecule has 2 saturated heterocycles. The van der Waals surface area contributed by atoms with Crippen LogP contribution < -0.4 is 15.1 Å². The average Bonchev–Trinajstić information content (AvgIpc) is 3.15. The maximum absolute atomic E-state index is 12.9. The quantitative estimate of drug-likeness (QED) is 0.448. The van der Waals surface area contributed by atoms with Crippen LogP contribution in [0, 0.1) is 0 Å². The average molecular weight is 513 g/mol. The zero-order valence-corrected chi connectivity index (χ0v) is 22.7. The molecule has 3 aromatic rings. The Morgan fingerprint density at radius 1 is 0.868 bits per heavy atom. The summed E-state index contributed by atoms with van der Waals surface area (Å²) in [5, 5.41) is 0. The van der Waals surface area contributed by atoms with Crippen LogP contribution in [0.4, 0.5) is 5.82 Å². The lowest BCUT2D eigenvalue weighted by atomic mass is 9.80. The normalized spacial score (nSPS) is 18.5. The maximum Gasteiger partial charge on any atom is 0.496 e. The van der Waals surface area contributed by atoms with E-state index in [2.05, 4.69) is 9.88 Å². The van der Waals surface area contributed by atoms with Crippen molar-refractivity contribution in [1.82, 2.24) is 9.88 Å². The molecule has 0 bridgehead atoms. The molecule has 7 nitrogen and oxygen atoms in total. The highest BCUT2D eigenvalue weighted by Crippen LogP contribution is 2.36. The Morgan fingerprint density at radius 2 is 1.50 bits per heavy atom. The van der Waals surface area contributed by atoms with Gasteiger partial charge in [0, 0.05) is 37.8 Å². The zero-order valence-electron chi connectivity index (χ0n) is 22.7. The minimum atomic E-state index is -0.415. The molecule has 5 rings (SSSR count). The summed E-state index contributed by atoms with van der Waals surface area (Å²) in [6, 6.07) is 21.9. The van der Waals surface area contributed by atoms with E-state index in [0.29, 0.717) is 26.1 Å². The van der Waals surface area contributed by atoms with Crippen molar-refractivity contribution in [2.24, 2.45) is 0 Å². The van der Waals surface area contributed by atoms with E-state index >= 15 is 0 Å². The Kier molecular flexibility index (Phi) is 7.46. The summed E-state index contributed by atoms with van der Waals surface area (Å²) < 4.78 is 18.1. The Hall–Kier alpha value is -3.36. The molecule has 198 valence electrons. The van der Waals surface area contributed by atoms with Gasteiger partial charge in [0.15, 0.2) is 0 Å². The molecule has 2 aliphatic heterocycles. The van der Waals surface area contributed by atoms with E-state index in [0.717, 1.165) is 41.2 Å². The molecule has 0 spiro atoms. The standard InChI is InChI=1S/C30H36BN3O4/c1-29(2)30(3,4)38-31(37-29)25-14-15-27(32-21-25)33-16-18-34(19-17-33)28(35)20-23-10-12-24(13-11-23)22-36-26-8-6-5-7-9-26/h5-15,21H,16-20,22H2,1-4H3. The number of piperazine rings is 1. The predicted molar refractivity (Wildman–Crippen MR) is 150 cm³/mol. The minimum Gasteiger partial charge on any atom is -0.489 e. The van der Waals surface area contributed by atoms with Crippen LogP contribution in [0.1, 0.15) is 38.8 Å². The topological polar surface area (TPSA) is 64.1 Å². The number of aromatic nitrogens is 1. The van der Waals surface area contributed by atoms with E-state index in [-0.39, 0.29) is 17.1 Å². The first kappa shape index (κ1) is 26.3. The molecule has 0 atom stereocenters. The van der Waals surface area contributed by atoms with Crippen LogP contribution in [0.15, 0.2) is 72.9 Å². The number of para-hydroxylation sites is 1. The Bertz CT molecular complexity index is 1210. The van der Waals surface area contributed by atoms with Gasteiger partial charge in [0.05, 0.1) is 17.6 Å². The third kappa shape index (κ3) is 5.87. The van der Waals surface area contributed by atoms with Crippen LogP contribution >= 0.6 is 0 Å². The number of benzene rings is 2. The molecule has 2 aliphatic rings. The van der Waals surface area contributed by atoms with E-state index in [1.54, 1.807) is 0 Å². The van der Waals surface area contributed by atoms with Gasteiger partial charge in [-0.3, -0.25) is 4.79 Å². The first-order valence-electron chi connectivity index (χ1n) is 13.3. The second-order valence-electron chi connectivity index (χ2n) is 11.0. The van der Waals surface area contributed by atoms with Crippen molar-refractivity contribution in [2.75, 3.05) is 31.1 Å². The van der Waals surface area contributed by atoms with Crippen LogP contribution in [0.2, 0.25) is 0 Å². The van der Waals surface area contributed by atoms with Crippen LogP contribution in [0.25, 0.3) is 0 Å². The van der Waals surface area contributed by atoms with Crippen molar-refractivity contribution in [3.63, 3.8) is 0 Å². The lowest BCUT2D eigenvalue weighted by molar-refractivity contribution is -0.130. The summed E-state index contributed by atoms with van der Waals surface area (Å²) >= 11 is 0. The number of anilines is 1. The molecule has 0 unspecified atom stereocenters. The fourth-order valence-electron chi connectivity index (χ4n) is 4.61. The summed E-state index contributed by atoms with van der Waals surface area (Å²) in [5.74, 6) is 1.91. The molecule has 8 heteroatoms. The minimum absolute atomic E-state index is 0.155. The van der Waals surface area contributed by atoms with E-state index in [1.165, 1.54) is 0 Å². The number of nitrogens with zero attached hydrogens (tertiary/aromatic N) is 3. The third-order valence-electron chi connectivity index (χ3n) is 7.78. The highest BCUT2D eigenvalue weighted by Gasteiger charge is 2.51. The molecule has 0 saturated carbocycles. The molecule has 3 heterocycles. The molecule has 1 aromatic heterocycles. The SMILES string of the molecule is CC1(C)OB(c2ccc(N3CCN(C(=O)Cc4ccc(COc5ccccc5)cc4)CC3)nc2)OC1(C)C. The number of pyridine rings is 1. The van der Waals surface area contributed by atoms with Crippen molar-refractivity contribution in [2.45, 2.75) is 51.9 Å². The lowest BCUT2D eigenvalue weighted by Gasteiger charge is -2.35. The summed E-state index contributed by atoms with van der Waals surface area (Å²) in [6.45, 7) is 11.6. The molecule has 1 amide bonds. The molecule has 38 heavy (non-hydrogen) atoms. The van der Waals surface area contributed by atoms with Crippen molar-refractivity contribution in [3.8, 4) is 5.75 Å². The fourth-order valence-corrected chi connectivity index (χ4v) is 4.61. The Morgan fingerprint density at radius 3 is 2.11 bits per heavy atom. The van der Waals surface area contributed by atoms with E-state index < -0.39 is 7.12 Å². The largest absolute Gasteiger partial charge is 0.496 e. The predicted octanol–water partition coefficient (Wildman–Crippen LogP) is 3.85. The van der Waals surface area contributed by atoms with Crippen molar-refractivity contribution >= 4 is 24.3 Å². The van der Waals surface area contributed by atoms with Crippen LogP contribution in [0.5, 0.6) is 5.75 Å². The lowest BCUT2D eigenvalue weighted by Crippen LogP contribution is -2.49.